The highest BCUT2D eigenvalue weighted by molar-refractivity contribution is 7.80. The number of thiocarbonyl (C=S) groups is 1. The highest BCUT2D eigenvalue weighted by Gasteiger charge is 2.10. The van der Waals surface area contributed by atoms with E-state index in [1.807, 2.05) is 6.92 Å². The molecule has 2 amide bonds. The second kappa shape index (κ2) is 10.2. The minimum atomic E-state index is -0.344. The van der Waals surface area contributed by atoms with Crippen LogP contribution in [0.2, 0.25) is 0 Å². The first-order valence-electron chi connectivity index (χ1n) is 9.31. The van der Waals surface area contributed by atoms with Gasteiger partial charge in [0.05, 0.1) is 19.4 Å². The summed E-state index contributed by atoms with van der Waals surface area (Å²) in [5.74, 6) is 0.727. The van der Waals surface area contributed by atoms with Gasteiger partial charge in [-0.2, -0.15) is 0 Å². The largest absolute Gasteiger partial charge is 0.494 e. The van der Waals surface area contributed by atoms with E-state index in [0.29, 0.717) is 41.5 Å². The summed E-state index contributed by atoms with van der Waals surface area (Å²) >= 11 is 5.20. The number of hydrogen-bond donors (Lipinski definition) is 3. The Balaban J connectivity index is 1.52. The third-order valence-corrected chi connectivity index (χ3v) is 4.25. The summed E-state index contributed by atoms with van der Waals surface area (Å²) in [7, 11) is 0. The Bertz CT molecular complexity index is 1020. The molecule has 7 nitrogen and oxygen atoms in total. The van der Waals surface area contributed by atoms with E-state index in [0.717, 1.165) is 0 Å². The van der Waals surface area contributed by atoms with Crippen LogP contribution >= 0.6 is 12.2 Å². The highest BCUT2D eigenvalue weighted by Crippen LogP contribution is 2.14. The van der Waals surface area contributed by atoms with E-state index in [9.17, 15) is 9.59 Å². The molecule has 0 bridgehead atoms. The zero-order chi connectivity index (χ0) is 21.3. The van der Waals surface area contributed by atoms with Crippen LogP contribution < -0.4 is 20.7 Å². The molecule has 1 aromatic heterocycles. The van der Waals surface area contributed by atoms with Crippen LogP contribution in [-0.2, 0) is 6.54 Å². The number of nitrogens with one attached hydrogen (secondary N) is 3. The van der Waals surface area contributed by atoms with E-state index in [1.165, 1.54) is 0 Å². The molecule has 0 saturated carbocycles. The Labute approximate surface area is 179 Å². The average Bonchev–Trinajstić information content (AvgIpc) is 3.26. The minimum Gasteiger partial charge on any atom is -0.494 e. The molecule has 0 aliphatic rings. The van der Waals surface area contributed by atoms with Crippen molar-refractivity contribution in [2.24, 2.45) is 0 Å². The predicted octanol–water partition coefficient (Wildman–Crippen LogP) is 3.74. The number of ether oxygens (including phenoxy) is 1. The monoisotopic (exact) mass is 423 g/mol. The Morgan fingerprint density at radius 2 is 1.80 bits per heavy atom. The standard InChI is InChI=1S/C22H21N3O4S/c1-2-28-18-6-3-5-16(13-18)21(27)25-22(30)24-17-10-8-15(9-11-17)20(26)23-14-19-7-4-12-29-19/h3-13H,2,14H2,1H3,(H,23,26)(H2,24,25,27,30). The fraction of sp³-hybridized carbons (Fsp3) is 0.136. The van der Waals surface area contributed by atoms with Crippen molar-refractivity contribution in [1.29, 1.82) is 0 Å². The van der Waals surface area contributed by atoms with Crippen LogP contribution in [0.15, 0.2) is 71.3 Å². The van der Waals surface area contributed by atoms with Crippen LogP contribution in [0.1, 0.15) is 33.4 Å². The van der Waals surface area contributed by atoms with Gasteiger partial charge in [-0.15, -0.1) is 0 Å². The summed E-state index contributed by atoms with van der Waals surface area (Å²) in [6.45, 7) is 2.70. The molecule has 8 heteroatoms. The number of carbonyl (C=O) groups excluding carboxylic acids is 2. The van der Waals surface area contributed by atoms with Crippen molar-refractivity contribution < 1.29 is 18.7 Å². The second-order valence-electron chi connectivity index (χ2n) is 6.21. The zero-order valence-corrected chi connectivity index (χ0v) is 17.1. The first-order chi connectivity index (χ1) is 14.5. The van der Waals surface area contributed by atoms with Crippen molar-refractivity contribution >= 4 is 34.8 Å². The average molecular weight is 423 g/mol. The quantitative estimate of drug-likeness (QED) is 0.502. The molecule has 0 saturated heterocycles. The first-order valence-corrected chi connectivity index (χ1v) is 9.72. The van der Waals surface area contributed by atoms with Crippen LogP contribution in [0.4, 0.5) is 5.69 Å². The van der Waals surface area contributed by atoms with Crippen LogP contribution in [-0.4, -0.2) is 23.5 Å². The van der Waals surface area contributed by atoms with Crippen LogP contribution in [0.5, 0.6) is 5.75 Å². The van der Waals surface area contributed by atoms with Gasteiger partial charge in [0.15, 0.2) is 5.11 Å². The highest BCUT2D eigenvalue weighted by atomic mass is 32.1. The van der Waals surface area contributed by atoms with Gasteiger partial charge < -0.3 is 19.8 Å². The normalized spacial score (nSPS) is 10.2. The lowest BCUT2D eigenvalue weighted by atomic mass is 10.2. The fourth-order valence-electron chi connectivity index (χ4n) is 2.62. The summed E-state index contributed by atoms with van der Waals surface area (Å²) in [6.07, 6.45) is 1.55. The fourth-order valence-corrected chi connectivity index (χ4v) is 2.83. The predicted molar refractivity (Wildman–Crippen MR) is 118 cm³/mol. The molecule has 0 spiro atoms. The van der Waals surface area contributed by atoms with E-state index in [4.69, 9.17) is 21.4 Å². The molecule has 0 atom stereocenters. The Morgan fingerprint density at radius 3 is 2.50 bits per heavy atom. The maximum Gasteiger partial charge on any atom is 0.257 e. The zero-order valence-electron chi connectivity index (χ0n) is 16.3. The van der Waals surface area contributed by atoms with E-state index >= 15 is 0 Å². The van der Waals surface area contributed by atoms with E-state index < -0.39 is 0 Å². The maximum absolute atomic E-state index is 12.4. The molecular weight excluding hydrogens is 402 g/mol. The summed E-state index contributed by atoms with van der Waals surface area (Å²) in [5, 5.41) is 8.47. The molecule has 1 heterocycles. The van der Waals surface area contributed by atoms with Gasteiger partial charge in [-0.25, -0.2) is 0 Å². The van der Waals surface area contributed by atoms with Crippen molar-refractivity contribution in [2.75, 3.05) is 11.9 Å². The van der Waals surface area contributed by atoms with Gasteiger partial charge in [-0.3, -0.25) is 14.9 Å². The molecule has 30 heavy (non-hydrogen) atoms. The molecule has 0 fully saturated rings. The van der Waals surface area contributed by atoms with Crippen LogP contribution in [0.25, 0.3) is 0 Å². The second-order valence-corrected chi connectivity index (χ2v) is 6.62. The van der Waals surface area contributed by atoms with Crippen molar-refractivity contribution in [2.45, 2.75) is 13.5 Å². The lowest BCUT2D eigenvalue weighted by Gasteiger charge is -2.11. The van der Waals surface area contributed by atoms with Gasteiger partial charge in [0.2, 0.25) is 0 Å². The number of benzene rings is 2. The summed E-state index contributed by atoms with van der Waals surface area (Å²) in [6, 6.07) is 17.1. The van der Waals surface area contributed by atoms with Gasteiger partial charge in [0, 0.05) is 16.8 Å². The SMILES string of the molecule is CCOc1cccc(C(=O)NC(=S)Nc2ccc(C(=O)NCc3ccco3)cc2)c1. The topological polar surface area (TPSA) is 92.6 Å². The van der Waals surface area contributed by atoms with Gasteiger partial charge in [-0.05, 0) is 73.7 Å². The number of anilines is 1. The third-order valence-electron chi connectivity index (χ3n) is 4.04. The minimum absolute atomic E-state index is 0.150. The summed E-state index contributed by atoms with van der Waals surface area (Å²) in [5.41, 5.74) is 1.58. The number of carbonyl (C=O) groups is 2. The van der Waals surface area contributed by atoms with E-state index in [2.05, 4.69) is 16.0 Å². The lowest BCUT2D eigenvalue weighted by Crippen LogP contribution is -2.34. The molecule has 0 aliphatic heterocycles. The van der Waals surface area contributed by atoms with E-state index in [1.54, 1.807) is 66.9 Å². The Morgan fingerprint density at radius 1 is 1.00 bits per heavy atom. The molecule has 2 aromatic carbocycles. The number of furan rings is 1. The Kier molecular flexibility index (Phi) is 7.18. The third kappa shape index (κ3) is 5.92. The van der Waals surface area contributed by atoms with E-state index in [-0.39, 0.29) is 16.9 Å². The van der Waals surface area contributed by atoms with Gasteiger partial charge in [0.25, 0.3) is 11.8 Å². The summed E-state index contributed by atoms with van der Waals surface area (Å²) < 4.78 is 10.6. The maximum atomic E-state index is 12.4. The first kappa shape index (κ1) is 21.1. The molecule has 0 aliphatic carbocycles. The molecule has 3 rings (SSSR count). The molecule has 3 N–H and O–H groups in total. The van der Waals surface area contributed by atoms with Gasteiger partial charge in [-0.1, -0.05) is 6.07 Å². The molecule has 0 radical (unpaired) electrons. The van der Waals surface area contributed by atoms with Crippen molar-refractivity contribution in [1.82, 2.24) is 10.6 Å². The number of hydrogen-bond acceptors (Lipinski definition) is 5. The molecule has 3 aromatic rings. The number of rotatable bonds is 7. The van der Waals surface area contributed by atoms with Crippen LogP contribution in [0.3, 0.4) is 0 Å². The number of amides is 2. The van der Waals surface area contributed by atoms with Gasteiger partial charge >= 0.3 is 0 Å². The van der Waals surface area contributed by atoms with Crippen molar-refractivity contribution in [3.05, 3.63) is 83.8 Å². The molecule has 154 valence electrons. The van der Waals surface area contributed by atoms with Crippen molar-refractivity contribution in [3.8, 4) is 5.75 Å². The summed E-state index contributed by atoms with van der Waals surface area (Å²) in [4.78, 5) is 24.5. The van der Waals surface area contributed by atoms with Crippen LogP contribution in [0, 0.1) is 0 Å². The van der Waals surface area contributed by atoms with Gasteiger partial charge in [0.1, 0.15) is 11.5 Å². The Hall–Kier alpha value is -3.65. The van der Waals surface area contributed by atoms with Crippen molar-refractivity contribution in [3.63, 3.8) is 0 Å². The molecule has 0 unspecified atom stereocenters. The lowest BCUT2D eigenvalue weighted by molar-refractivity contribution is 0.0946. The smallest absolute Gasteiger partial charge is 0.257 e. The molecular formula is C22H21N3O4S.